The van der Waals surface area contributed by atoms with E-state index in [1.54, 1.807) is 30.1 Å². The van der Waals surface area contributed by atoms with E-state index in [4.69, 9.17) is 0 Å². The van der Waals surface area contributed by atoms with E-state index in [1.165, 1.54) is 0 Å². The van der Waals surface area contributed by atoms with Crippen molar-refractivity contribution in [3.63, 3.8) is 0 Å². The summed E-state index contributed by atoms with van der Waals surface area (Å²) in [7, 11) is 1.76. The predicted octanol–water partition coefficient (Wildman–Crippen LogP) is 0.704. The van der Waals surface area contributed by atoms with Gasteiger partial charge in [0.25, 0.3) is 5.91 Å². The molecular weight excluding hydrogens is 194 g/mol. The van der Waals surface area contributed by atoms with Crippen molar-refractivity contribution in [1.29, 1.82) is 0 Å². The van der Waals surface area contributed by atoms with E-state index in [0.717, 1.165) is 5.69 Å². The highest BCUT2D eigenvalue weighted by Gasteiger charge is 2.10. The molecule has 6 heteroatoms. The van der Waals surface area contributed by atoms with E-state index in [9.17, 15) is 4.79 Å². The lowest BCUT2D eigenvalue weighted by molar-refractivity contribution is 0.102. The lowest BCUT2D eigenvalue weighted by Gasteiger charge is -2.01. The zero-order valence-electron chi connectivity index (χ0n) is 8.48. The number of anilines is 1. The van der Waals surface area contributed by atoms with Crippen molar-refractivity contribution < 1.29 is 4.79 Å². The van der Waals surface area contributed by atoms with Gasteiger partial charge in [-0.1, -0.05) is 0 Å². The Morgan fingerprint density at radius 1 is 1.60 bits per heavy atom. The average Bonchev–Trinajstić information content (AvgIpc) is 2.77. The zero-order valence-corrected chi connectivity index (χ0v) is 8.48. The molecule has 2 rings (SSSR count). The van der Waals surface area contributed by atoms with Crippen molar-refractivity contribution in [3.8, 4) is 0 Å². The van der Waals surface area contributed by atoms with E-state index in [0.29, 0.717) is 11.5 Å². The summed E-state index contributed by atoms with van der Waals surface area (Å²) in [5, 5.41) is 13.2. The van der Waals surface area contributed by atoms with Gasteiger partial charge >= 0.3 is 0 Å². The van der Waals surface area contributed by atoms with Gasteiger partial charge in [0.1, 0.15) is 5.82 Å². The number of aryl methyl sites for hydroxylation is 2. The standard InChI is InChI=1S/C9H11N5O/c1-6-5-7(13-12-6)9(15)11-8-3-4-10-14(8)2/h3-5H,1-2H3,(H,11,15)(H,12,13). The lowest BCUT2D eigenvalue weighted by atomic mass is 10.3. The fraction of sp³-hybridized carbons (Fsp3) is 0.222. The van der Waals surface area contributed by atoms with E-state index in [2.05, 4.69) is 20.6 Å². The van der Waals surface area contributed by atoms with E-state index in [1.807, 2.05) is 6.92 Å². The van der Waals surface area contributed by atoms with Crippen LogP contribution in [0.3, 0.4) is 0 Å². The molecule has 2 heterocycles. The molecule has 0 aliphatic rings. The SMILES string of the molecule is Cc1cc(C(=O)Nc2ccnn2C)n[nH]1. The quantitative estimate of drug-likeness (QED) is 0.757. The van der Waals surface area contributed by atoms with Crippen LogP contribution in [0, 0.1) is 6.92 Å². The van der Waals surface area contributed by atoms with Gasteiger partial charge in [0.2, 0.25) is 0 Å². The number of amides is 1. The van der Waals surface area contributed by atoms with E-state index in [-0.39, 0.29) is 5.91 Å². The third kappa shape index (κ3) is 1.88. The number of hydrogen-bond donors (Lipinski definition) is 2. The monoisotopic (exact) mass is 205 g/mol. The maximum absolute atomic E-state index is 11.6. The molecular formula is C9H11N5O. The molecule has 15 heavy (non-hydrogen) atoms. The molecule has 0 unspecified atom stereocenters. The van der Waals surface area contributed by atoms with Gasteiger partial charge in [-0.2, -0.15) is 10.2 Å². The minimum Gasteiger partial charge on any atom is -0.305 e. The first-order valence-electron chi connectivity index (χ1n) is 4.48. The number of aromatic nitrogens is 4. The van der Waals surface area contributed by atoms with Crippen molar-refractivity contribution in [2.24, 2.45) is 7.05 Å². The first kappa shape index (κ1) is 9.45. The molecule has 0 saturated carbocycles. The minimum absolute atomic E-state index is 0.247. The molecule has 2 aromatic rings. The summed E-state index contributed by atoms with van der Waals surface area (Å²) in [6, 6.07) is 3.41. The highest BCUT2D eigenvalue weighted by atomic mass is 16.2. The minimum atomic E-state index is -0.247. The summed E-state index contributed by atoms with van der Waals surface area (Å²) < 4.78 is 1.58. The van der Waals surface area contributed by atoms with Crippen LogP contribution >= 0.6 is 0 Å². The van der Waals surface area contributed by atoms with Gasteiger partial charge in [-0.25, -0.2) is 0 Å². The lowest BCUT2D eigenvalue weighted by Crippen LogP contribution is -2.14. The number of H-pyrrole nitrogens is 1. The van der Waals surface area contributed by atoms with Crippen LogP contribution in [0.5, 0.6) is 0 Å². The number of hydrogen-bond acceptors (Lipinski definition) is 3. The molecule has 0 aromatic carbocycles. The summed E-state index contributed by atoms with van der Waals surface area (Å²) in [5.41, 5.74) is 1.22. The summed E-state index contributed by atoms with van der Waals surface area (Å²) in [6.07, 6.45) is 1.62. The third-order valence-corrected chi connectivity index (χ3v) is 2.00. The average molecular weight is 205 g/mol. The third-order valence-electron chi connectivity index (χ3n) is 2.00. The van der Waals surface area contributed by atoms with Crippen LogP contribution in [-0.2, 0) is 7.05 Å². The van der Waals surface area contributed by atoms with Gasteiger partial charge in [-0.3, -0.25) is 14.6 Å². The van der Waals surface area contributed by atoms with Crippen LogP contribution < -0.4 is 5.32 Å². The molecule has 2 N–H and O–H groups in total. The Hall–Kier alpha value is -2.11. The van der Waals surface area contributed by atoms with Gasteiger partial charge in [0.15, 0.2) is 5.69 Å². The van der Waals surface area contributed by atoms with Gasteiger partial charge in [0, 0.05) is 18.8 Å². The van der Waals surface area contributed by atoms with Crippen LogP contribution in [0.2, 0.25) is 0 Å². The van der Waals surface area contributed by atoms with Crippen molar-refractivity contribution in [3.05, 3.63) is 29.7 Å². The molecule has 0 radical (unpaired) electrons. The Kier molecular flexibility index (Phi) is 2.24. The second-order valence-electron chi connectivity index (χ2n) is 3.23. The van der Waals surface area contributed by atoms with Crippen molar-refractivity contribution in [2.45, 2.75) is 6.92 Å². The summed E-state index contributed by atoms with van der Waals surface area (Å²) >= 11 is 0. The van der Waals surface area contributed by atoms with Gasteiger partial charge in [0.05, 0.1) is 6.20 Å². The van der Waals surface area contributed by atoms with Crippen LogP contribution in [-0.4, -0.2) is 25.9 Å². The smallest absolute Gasteiger partial charge is 0.277 e. The number of aromatic amines is 1. The summed E-state index contributed by atoms with van der Waals surface area (Å²) in [4.78, 5) is 11.6. The van der Waals surface area contributed by atoms with Crippen molar-refractivity contribution in [2.75, 3.05) is 5.32 Å². The number of carbonyl (C=O) groups excluding carboxylic acids is 1. The van der Waals surface area contributed by atoms with E-state index >= 15 is 0 Å². The molecule has 0 aliphatic heterocycles. The molecule has 0 fully saturated rings. The number of carbonyl (C=O) groups is 1. The fourth-order valence-electron chi connectivity index (χ4n) is 1.21. The molecule has 0 atom stereocenters. The van der Waals surface area contributed by atoms with Crippen molar-refractivity contribution >= 4 is 11.7 Å². The molecule has 2 aromatic heterocycles. The van der Waals surface area contributed by atoms with E-state index < -0.39 is 0 Å². The van der Waals surface area contributed by atoms with Gasteiger partial charge in [-0.15, -0.1) is 0 Å². The predicted molar refractivity (Wildman–Crippen MR) is 54.5 cm³/mol. The Bertz CT molecular complexity index is 484. The maximum atomic E-state index is 11.6. The first-order chi connectivity index (χ1) is 7.16. The molecule has 1 amide bonds. The number of rotatable bonds is 2. The van der Waals surface area contributed by atoms with Crippen LogP contribution in [0.4, 0.5) is 5.82 Å². The Balaban J connectivity index is 2.14. The number of nitrogens with one attached hydrogen (secondary N) is 2. The molecule has 0 saturated heterocycles. The zero-order chi connectivity index (χ0) is 10.8. The Morgan fingerprint density at radius 3 is 2.93 bits per heavy atom. The maximum Gasteiger partial charge on any atom is 0.277 e. The highest BCUT2D eigenvalue weighted by molar-refractivity contribution is 6.02. The molecule has 0 bridgehead atoms. The van der Waals surface area contributed by atoms with Crippen LogP contribution in [0.15, 0.2) is 18.3 Å². The number of nitrogens with zero attached hydrogens (tertiary/aromatic N) is 3. The summed E-state index contributed by atoms with van der Waals surface area (Å²) in [5.74, 6) is 0.392. The van der Waals surface area contributed by atoms with Crippen LogP contribution in [0.1, 0.15) is 16.2 Å². The second kappa shape index (κ2) is 3.56. The molecule has 78 valence electrons. The molecule has 6 nitrogen and oxygen atoms in total. The van der Waals surface area contributed by atoms with Crippen LogP contribution in [0.25, 0.3) is 0 Å². The normalized spacial score (nSPS) is 10.3. The topological polar surface area (TPSA) is 75.6 Å². The fourth-order valence-corrected chi connectivity index (χ4v) is 1.21. The molecule has 0 aliphatic carbocycles. The van der Waals surface area contributed by atoms with Gasteiger partial charge < -0.3 is 5.32 Å². The Morgan fingerprint density at radius 2 is 2.40 bits per heavy atom. The largest absolute Gasteiger partial charge is 0.305 e. The Labute approximate surface area is 86.3 Å². The summed E-state index contributed by atoms with van der Waals surface area (Å²) in [6.45, 7) is 1.84. The van der Waals surface area contributed by atoms with Crippen molar-refractivity contribution in [1.82, 2.24) is 20.0 Å². The van der Waals surface area contributed by atoms with Gasteiger partial charge in [-0.05, 0) is 13.0 Å². The highest BCUT2D eigenvalue weighted by Crippen LogP contribution is 2.06. The first-order valence-corrected chi connectivity index (χ1v) is 4.48. The molecule has 0 spiro atoms. The second-order valence-corrected chi connectivity index (χ2v) is 3.23.